The molecule has 4 aromatic rings. The van der Waals surface area contributed by atoms with Gasteiger partial charge in [0.15, 0.2) is 34.5 Å². The van der Waals surface area contributed by atoms with E-state index in [1.165, 1.54) is 30.3 Å². The Labute approximate surface area is 235 Å². The highest BCUT2D eigenvalue weighted by Gasteiger charge is 2.35. The minimum absolute atomic E-state index is 0.0615. The summed E-state index contributed by atoms with van der Waals surface area (Å²) >= 11 is 0. The van der Waals surface area contributed by atoms with Gasteiger partial charge >= 0.3 is 0 Å². The molecular weight excluding hydrogens is 552 g/mol. The Morgan fingerprint density at radius 3 is 2.14 bits per heavy atom. The molecule has 0 amide bonds. The van der Waals surface area contributed by atoms with Crippen LogP contribution in [0, 0.1) is 0 Å². The van der Waals surface area contributed by atoms with Gasteiger partial charge in [-0.2, -0.15) is 0 Å². The highest BCUT2D eigenvalue weighted by Crippen LogP contribution is 2.52. The lowest BCUT2D eigenvalue weighted by Gasteiger charge is -2.27. The molecule has 0 radical (unpaired) electrons. The number of hydrogen-bond donors (Lipinski definition) is 8. The predicted molar refractivity (Wildman–Crippen MR) is 143 cm³/mol. The van der Waals surface area contributed by atoms with E-state index in [0.29, 0.717) is 5.56 Å². The van der Waals surface area contributed by atoms with Gasteiger partial charge in [-0.15, -0.1) is 0 Å². The van der Waals surface area contributed by atoms with Gasteiger partial charge in [0, 0.05) is 23.8 Å². The quantitative estimate of drug-likeness (QED) is 0.127. The van der Waals surface area contributed by atoms with E-state index in [-0.39, 0.29) is 57.4 Å². The zero-order chi connectivity index (χ0) is 30.0. The van der Waals surface area contributed by atoms with Crippen LogP contribution in [0.2, 0.25) is 0 Å². The lowest BCUT2D eigenvalue weighted by Crippen LogP contribution is -2.20. The third kappa shape index (κ3) is 4.09. The van der Waals surface area contributed by atoms with Crippen molar-refractivity contribution in [1.29, 1.82) is 0 Å². The molecule has 0 saturated heterocycles. The third-order valence-corrected chi connectivity index (χ3v) is 6.95. The normalized spacial score (nSPS) is 16.6. The minimum atomic E-state index is -0.914. The minimum Gasteiger partial charge on any atom is -0.508 e. The summed E-state index contributed by atoms with van der Waals surface area (Å²) in [6.07, 6.45) is -0.0243. The number of allylic oxidation sites excluding steroid dienone is 1. The first kappa shape index (κ1) is 26.2. The van der Waals surface area contributed by atoms with Crippen molar-refractivity contribution in [2.24, 2.45) is 0 Å². The van der Waals surface area contributed by atoms with Crippen LogP contribution in [0.5, 0.6) is 57.5 Å². The average molecular weight is 572 g/mol. The maximum absolute atomic E-state index is 13.1. The maximum atomic E-state index is 13.1. The standard InChI is InChI=1S/C30H20O12/c31-13-7-17(34)26-22(8-13)42-24(29(26)39)5-11-3-14(28(38)20(37)4-11)25-18(35)10-23-27(30(25)40)19(36)9-21(41-23)12-1-2-15(32)16(33)6-12/h1-8,10,21,31-35,37-38,40H,9H2/b24-5-. The smallest absolute Gasteiger partial charge is 0.235 e. The Morgan fingerprint density at radius 1 is 0.667 bits per heavy atom. The summed E-state index contributed by atoms with van der Waals surface area (Å²) in [6.45, 7) is 0. The van der Waals surface area contributed by atoms with Gasteiger partial charge in [-0.3, -0.25) is 9.59 Å². The van der Waals surface area contributed by atoms with Crippen molar-refractivity contribution in [3.05, 3.63) is 76.5 Å². The number of Topliss-reactive ketones (excluding diaryl/α,β-unsaturated/α-hetero) is 2. The highest BCUT2D eigenvalue weighted by molar-refractivity contribution is 6.16. The Kier molecular flexibility index (Phi) is 5.78. The first-order valence-electron chi connectivity index (χ1n) is 12.3. The molecule has 0 saturated carbocycles. The van der Waals surface area contributed by atoms with Crippen LogP contribution in [-0.2, 0) is 0 Å². The summed E-state index contributed by atoms with van der Waals surface area (Å²) in [5.41, 5.74) is -0.793. The topological polar surface area (TPSA) is 214 Å². The van der Waals surface area contributed by atoms with Gasteiger partial charge in [-0.1, -0.05) is 6.07 Å². The van der Waals surface area contributed by atoms with Gasteiger partial charge in [0.05, 0.1) is 12.0 Å². The second-order valence-corrected chi connectivity index (χ2v) is 9.69. The van der Waals surface area contributed by atoms with Gasteiger partial charge < -0.3 is 50.3 Å². The number of fused-ring (bicyclic) bond motifs is 2. The van der Waals surface area contributed by atoms with Crippen molar-refractivity contribution in [3.8, 4) is 68.6 Å². The SMILES string of the molecule is O=C1/C(=C/c2cc(O)c(O)c(-c3c(O)cc4c(c3O)C(=O)CC(c3ccc(O)c(O)c3)O4)c2)Oc2cc(O)cc(O)c21. The third-order valence-electron chi connectivity index (χ3n) is 6.95. The zero-order valence-electron chi connectivity index (χ0n) is 21.2. The number of phenols is 8. The van der Waals surface area contributed by atoms with Gasteiger partial charge in [0.25, 0.3) is 0 Å². The molecule has 12 heteroatoms. The van der Waals surface area contributed by atoms with Crippen molar-refractivity contribution in [1.82, 2.24) is 0 Å². The molecule has 0 bridgehead atoms. The number of phenolic OH excluding ortho intramolecular Hbond substituents is 8. The maximum Gasteiger partial charge on any atom is 0.235 e. The largest absolute Gasteiger partial charge is 0.508 e. The molecule has 0 aromatic heterocycles. The fourth-order valence-corrected chi connectivity index (χ4v) is 5.00. The Morgan fingerprint density at radius 2 is 1.40 bits per heavy atom. The number of ether oxygens (including phenoxy) is 2. The van der Waals surface area contributed by atoms with E-state index in [9.17, 15) is 50.4 Å². The molecule has 1 atom stereocenters. The molecule has 42 heavy (non-hydrogen) atoms. The number of carbonyl (C=O) groups excluding carboxylic acids is 2. The lowest BCUT2D eigenvalue weighted by atomic mass is 9.90. The summed E-state index contributed by atoms with van der Waals surface area (Å²) in [5.74, 6) is -6.38. The number of rotatable bonds is 3. The van der Waals surface area contributed by atoms with E-state index in [2.05, 4.69) is 0 Å². The van der Waals surface area contributed by atoms with E-state index in [1.807, 2.05) is 0 Å². The second kappa shape index (κ2) is 9.27. The summed E-state index contributed by atoms with van der Waals surface area (Å²) < 4.78 is 11.3. The number of benzene rings is 4. The predicted octanol–water partition coefficient (Wildman–Crippen LogP) is 4.32. The molecule has 8 N–H and O–H groups in total. The molecule has 12 nitrogen and oxygen atoms in total. The van der Waals surface area contributed by atoms with Gasteiger partial charge in [0.2, 0.25) is 5.78 Å². The van der Waals surface area contributed by atoms with Gasteiger partial charge in [-0.25, -0.2) is 0 Å². The summed E-state index contributed by atoms with van der Waals surface area (Å²) in [7, 11) is 0. The van der Waals surface area contributed by atoms with Crippen LogP contribution >= 0.6 is 0 Å². The Balaban J connectivity index is 1.41. The molecule has 2 heterocycles. The first-order valence-corrected chi connectivity index (χ1v) is 12.3. The van der Waals surface area contributed by atoms with Crippen LogP contribution in [-0.4, -0.2) is 52.4 Å². The number of hydrogen-bond acceptors (Lipinski definition) is 12. The number of carbonyl (C=O) groups is 2. The van der Waals surface area contributed by atoms with Gasteiger partial charge in [-0.05, 0) is 41.5 Å². The molecule has 4 aromatic carbocycles. The molecule has 0 fully saturated rings. The monoisotopic (exact) mass is 572 g/mol. The van der Waals surface area contributed by atoms with Crippen LogP contribution in [0.1, 0.15) is 44.4 Å². The van der Waals surface area contributed by atoms with Crippen LogP contribution in [0.25, 0.3) is 17.2 Å². The van der Waals surface area contributed by atoms with E-state index < -0.39 is 57.7 Å². The van der Waals surface area contributed by atoms with Crippen LogP contribution in [0.15, 0.2) is 54.3 Å². The van der Waals surface area contributed by atoms with Crippen molar-refractivity contribution >= 4 is 17.6 Å². The summed E-state index contributed by atoms with van der Waals surface area (Å²) in [5, 5.41) is 82.2. The lowest BCUT2D eigenvalue weighted by molar-refractivity contribution is 0.0844. The highest BCUT2D eigenvalue weighted by atomic mass is 16.5. The molecule has 0 spiro atoms. The van der Waals surface area contributed by atoms with E-state index in [1.54, 1.807) is 0 Å². The molecule has 6 rings (SSSR count). The first-order chi connectivity index (χ1) is 19.9. The molecular formula is C30H20O12. The molecule has 1 unspecified atom stereocenters. The molecule has 2 aliphatic rings. The van der Waals surface area contributed by atoms with Crippen molar-refractivity contribution < 1.29 is 59.9 Å². The van der Waals surface area contributed by atoms with Crippen LogP contribution in [0.3, 0.4) is 0 Å². The molecule has 0 aliphatic carbocycles. The Hall–Kier alpha value is -6.04. The summed E-state index contributed by atoms with van der Waals surface area (Å²) in [4.78, 5) is 25.9. The number of ketones is 2. The number of aromatic hydroxyl groups is 8. The van der Waals surface area contributed by atoms with Crippen molar-refractivity contribution in [2.45, 2.75) is 12.5 Å². The Bertz CT molecular complexity index is 1890. The van der Waals surface area contributed by atoms with Crippen LogP contribution in [0.4, 0.5) is 0 Å². The second-order valence-electron chi connectivity index (χ2n) is 9.69. The fraction of sp³-hybridized carbons (Fsp3) is 0.0667. The van der Waals surface area contributed by atoms with Crippen molar-refractivity contribution in [2.75, 3.05) is 0 Å². The fourth-order valence-electron chi connectivity index (χ4n) is 5.00. The van der Waals surface area contributed by atoms with Gasteiger partial charge in [0.1, 0.15) is 51.7 Å². The average Bonchev–Trinajstić information content (AvgIpc) is 3.22. The van der Waals surface area contributed by atoms with E-state index in [0.717, 1.165) is 24.3 Å². The summed E-state index contributed by atoms with van der Waals surface area (Å²) in [6, 6.07) is 9.30. The van der Waals surface area contributed by atoms with E-state index in [4.69, 9.17) is 9.47 Å². The van der Waals surface area contributed by atoms with Crippen molar-refractivity contribution in [3.63, 3.8) is 0 Å². The molecule has 212 valence electrons. The molecule has 2 aliphatic heterocycles. The van der Waals surface area contributed by atoms with Crippen LogP contribution < -0.4 is 9.47 Å². The van der Waals surface area contributed by atoms with E-state index >= 15 is 0 Å². The zero-order valence-corrected chi connectivity index (χ0v) is 21.2.